The molecule has 144 valence electrons. The summed E-state index contributed by atoms with van der Waals surface area (Å²) < 4.78 is 14.4. The highest BCUT2D eigenvalue weighted by Gasteiger charge is 2.19. The Kier molecular flexibility index (Phi) is 10.1. The Morgan fingerprint density at radius 1 is 1.23 bits per heavy atom. The van der Waals surface area contributed by atoms with Crippen molar-refractivity contribution in [2.45, 2.75) is 20.8 Å². The Bertz CT molecular complexity index is 601. The van der Waals surface area contributed by atoms with Crippen LogP contribution in [0.1, 0.15) is 20.8 Å². The Balaban J connectivity index is 2.58. The number of hydrogen-bond donors (Lipinski definition) is 2. The number of carbonyl (C=O) groups excluding carboxylic acids is 1. The molecule has 0 atom stereocenters. The Morgan fingerprint density at radius 2 is 1.88 bits per heavy atom. The van der Waals surface area contributed by atoms with E-state index in [-0.39, 0.29) is 25.4 Å². The van der Waals surface area contributed by atoms with E-state index in [1.807, 2.05) is 24.8 Å². The predicted molar refractivity (Wildman–Crippen MR) is 92.7 cm³/mol. The highest BCUT2D eigenvalue weighted by atomic mass is 31.2. The third kappa shape index (κ3) is 7.22. The summed E-state index contributed by atoms with van der Waals surface area (Å²) in [6.07, 6.45) is 3.51. The van der Waals surface area contributed by atoms with E-state index < -0.39 is 14.6 Å². The number of hydrogen-bond acceptors (Lipinski definition) is 9. The van der Waals surface area contributed by atoms with Gasteiger partial charge in [-0.1, -0.05) is 0 Å². The molecule has 0 aromatic rings. The van der Waals surface area contributed by atoms with Gasteiger partial charge in [-0.15, -0.1) is 0 Å². The highest BCUT2D eigenvalue weighted by Crippen LogP contribution is 2.25. The molecule has 0 aromatic carbocycles. The standard InChI is InChI=1S/C16H23N2O7P/c1-4-23-16(19)15(11-17)14-9-12(2)18(13(3)10-14)5-6-22-7-8-24-25-26(20)21/h9-10,20-21H,4-8H2,1-3H3. The van der Waals surface area contributed by atoms with Crippen molar-refractivity contribution < 1.29 is 33.6 Å². The third-order valence-corrected chi connectivity index (χ3v) is 3.59. The van der Waals surface area contributed by atoms with Crippen LogP contribution in [0.3, 0.4) is 0 Å². The molecule has 1 aliphatic rings. The molecule has 2 N–H and O–H groups in total. The van der Waals surface area contributed by atoms with Crippen LogP contribution in [0, 0.1) is 11.3 Å². The first-order chi connectivity index (χ1) is 12.4. The van der Waals surface area contributed by atoms with Gasteiger partial charge in [0.2, 0.25) is 0 Å². The summed E-state index contributed by atoms with van der Waals surface area (Å²) in [5.74, 6) is -0.633. The summed E-state index contributed by atoms with van der Waals surface area (Å²) in [4.78, 5) is 35.3. The fraction of sp³-hybridized carbons (Fsp3) is 0.500. The van der Waals surface area contributed by atoms with Gasteiger partial charge < -0.3 is 24.2 Å². The zero-order valence-corrected chi connectivity index (χ0v) is 15.9. The molecule has 1 heterocycles. The van der Waals surface area contributed by atoms with Crippen LogP contribution in [0.15, 0.2) is 34.7 Å². The molecule has 0 aromatic heterocycles. The van der Waals surface area contributed by atoms with Crippen LogP contribution in [0.4, 0.5) is 0 Å². The zero-order valence-electron chi connectivity index (χ0n) is 15.0. The lowest BCUT2D eigenvalue weighted by Crippen LogP contribution is -2.27. The van der Waals surface area contributed by atoms with Gasteiger partial charge in [-0.25, -0.2) is 9.68 Å². The van der Waals surface area contributed by atoms with Gasteiger partial charge in [0.25, 0.3) is 0 Å². The zero-order chi connectivity index (χ0) is 19.5. The van der Waals surface area contributed by atoms with Crippen molar-refractivity contribution in [1.29, 1.82) is 5.26 Å². The average molecular weight is 386 g/mol. The maximum Gasteiger partial charge on any atom is 0.357 e. The van der Waals surface area contributed by atoms with Crippen molar-refractivity contribution in [2.24, 2.45) is 0 Å². The topological polar surface area (TPSA) is 121 Å². The largest absolute Gasteiger partial charge is 0.462 e. The average Bonchev–Trinajstić information content (AvgIpc) is 2.56. The molecule has 0 saturated carbocycles. The molecule has 0 aliphatic carbocycles. The SMILES string of the molecule is CCOC(=O)C(C#N)=C1C=C(C)N(CCOCCOOP(O)O)C(C)=C1. The second-order valence-corrected chi connectivity index (χ2v) is 5.80. The van der Waals surface area contributed by atoms with Crippen LogP contribution >= 0.6 is 8.60 Å². The lowest BCUT2D eigenvalue weighted by molar-refractivity contribution is -0.221. The first kappa shape index (κ1) is 22.3. The molecule has 9 nitrogen and oxygen atoms in total. The lowest BCUT2D eigenvalue weighted by Gasteiger charge is -2.29. The highest BCUT2D eigenvalue weighted by molar-refractivity contribution is 7.39. The Morgan fingerprint density at radius 3 is 2.42 bits per heavy atom. The van der Waals surface area contributed by atoms with Gasteiger partial charge in [0.15, 0.2) is 0 Å². The summed E-state index contributed by atoms with van der Waals surface area (Å²) in [5.41, 5.74) is 2.23. The molecule has 26 heavy (non-hydrogen) atoms. The maximum absolute atomic E-state index is 11.9. The summed E-state index contributed by atoms with van der Waals surface area (Å²) in [7, 11) is -2.53. The molecule has 10 heteroatoms. The van der Waals surface area contributed by atoms with Crippen LogP contribution in [0.5, 0.6) is 0 Å². The number of rotatable bonds is 10. The first-order valence-electron chi connectivity index (χ1n) is 7.91. The summed E-state index contributed by atoms with van der Waals surface area (Å²) >= 11 is 0. The summed E-state index contributed by atoms with van der Waals surface area (Å²) in [6, 6.07) is 1.90. The fourth-order valence-electron chi connectivity index (χ4n) is 2.29. The van der Waals surface area contributed by atoms with E-state index in [9.17, 15) is 10.1 Å². The monoisotopic (exact) mass is 386 g/mol. The number of carbonyl (C=O) groups is 1. The molecular formula is C16H23N2O7P. The van der Waals surface area contributed by atoms with Crippen LogP contribution in [0.25, 0.3) is 0 Å². The molecule has 0 saturated heterocycles. The minimum absolute atomic E-state index is 0.0219. The van der Waals surface area contributed by atoms with Gasteiger partial charge in [0.05, 0.1) is 19.8 Å². The van der Waals surface area contributed by atoms with Gasteiger partial charge in [0, 0.05) is 23.5 Å². The summed E-state index contributed by atoms with van der Waals surface area (Å²) in [5, 5.41) is 9.24. The van der Waals surface area contributed by atoms with Crippen molar-refractivity contribution in [2.75, 3.05) is 33.0 Å². The number of esters is 1. The quantitative estimate of drug-likeness (QED) is 0.110. The van der Waals surface area contributed by atoms with Crippen molar-refractivity contribution in [3.05, 3.63) is 34.7 Å². The van der Waals surface area contributed by atoms with Crippen molar-refractivity contribution >= 4 is 14.6 Å². The van der Waals surface area contributed by atoms with E-state index in [0.29, 0.717) is 18.7 Å². The molecule has 0 radical (unpaired) electrons. The van der Waals surface area contributed by atoms with Gasteiger partial charge >= 0.3 is 14.6 Å². The molecule has 0 amide bonds. The third-order valence-electron chi connectivity index (χ3n) is 3.35. The van der Waals surface area contributed by atoms with Crippen molar-refractivity contribution in [3.63, 3.8) is 0 Å². The maximum atomic E-state index is 11.9. The van der Waals surface area contributed by atoms with Crippen LogP contribution in [-0.4, -0.2) is 53.6 Å². The molecule has 1 aliphatic heterocycles. The van der Waals surface area contributed by atoms with Crippen LogP contribution in [0.2, 0.25) is 0 Å². The molecule has 0 fully saturated rings. The molecule has 0 spiro atoms. The van der Waals surface area contributed by atoms with Gasteiger partial charge in [-0.3, -0.25) is 0 Å². The fourth-order valence-corrected chi connectivity index (χ4v) is 2.46. The van der Waals surface area contributed by atoms with Gasteiger partial charge in [-0.05, 0) is 32.9 Å². The normalized spacial score (nSPS) is 14.0. The van der Waals surface area contributed by atoms with E-state index in [1.54, 1.807) is 19.1 Å². The lowest BCUT2D eigenvalue weighted by atomic mass is 10.0. The van der Waals surface area contributed by atoms with E-state index in [1.165, 1.54) is 0 Å². The minimum atomic E-state index is -2.53. The Labute approximate surface area is 153 Å². The minimum Gasteiger partial charge on any atom is -0.462 e. The van der Waals surface area contributed by atoms with E-state index in [2.05, 4.69) is 9.56 Å². The second kappa shape index (κ2) is 11.8. The first-order valence-corrected chi connectivity index (χ1v) is 9.08. The van der Waals surface area contributed by atoms with Gasteiger partial charge in [-0.2, -0.15) is 9.94 Å². The van der Waals surface area contributed by atoms with Crippen molar-refractivity contribution in [1.82, 2.24) is 4.90 Å². The van der Waals surface area contributed by atoms with E-state index >= 15 is 0 Å². The molecule has 0 bridgehead atoms. The molecular weight excluding hydrogens is 363 g/mol. The molecule has 0 unspecified atom stereocenters. The van der Waals surface area contributed by atoms with E-state index in [0.717, 1.165) is 11.4 Å². The van der Waals surface area contributed by atoms with Crippen molar-refractivity contribution in [3.8, 4) is 6.07 Å². The number of nitriles is 1. The predicted octanol–water partition coefficient (Wildman–Crippen LogP) is 1.67. The van der Waals surface area contributed by atoms with Gasteiger partial charge in [0.1, 0.15) is 18.2 Å². The van der Waals surface area contributed by atoms with Crippen LogP contribution < -0.4 is 0 Å². The summed E-state index contributed by atoms with van der Waals surface area (Å²) in [6.45, 7) is 6.90. The number of allylic oxidation sites excluding steroid dienone is 5. The van der Waals surface area contributed by atoms with Crippen LogP contribution in [-0.2, 0) is 23.8 Å². The Hall–Kier alpha value is -1.79. The number of ether oxygens (including phenoxy) is 2. The smallest absolute Gasteiger partial charge is 0.357 e. The second-order valence-electron chi connectivity index (χ2n) is 5.15. The molecule has 1 rings (SSSR count). The number of nitrogens with zero attached hydrogens (tertiary/aromatic N) is 2. The van der Waals surface area contributed by atoms with E-state index in [4.69, 9.17) is 19.3 Å².